The first-order valence-corrected chi connectivity index (χ1v) is 9.07. The number of ether oxygens (including phenoxy) is 1. The molecule has 0 aliphatic carbocycles. The first kappa shape index (κ1) is 20.8. The molecule has 0 fully saturated rings. The maximum absolute atomic E-state index is 8.18. The summed E-state index contributed by atoms with van der Waals surface area (Å²) in [6.07, 6.45) is 12.2. The zero-order chi connectivity index (χ0) is 13.9. The van der Waals surface area contributed by atoms with Gasteiger partial charge in [-0.05, 0) is 38.2 Å². The number of hydrogen-bond donors (Lipinski definition) is 1. The summed E-state index contributed by atoms with van der Waals surface area (Å²) in [5, 5.41) is 10.4. The average molecular weight is 389 g/mol. The van der Waals surface area contributed by atoms with Gasteiger partial charge in [-0.1, -0.05) is 51.6 Å². The number of rotatable bonds is 6. The quantitative estimate of drug-likeness (QED) is 0.503. The van der Waals surface area contributed by atoms with Crippen LogP contribution in [0.1, 0.15) is 53.3 Å². The van der Waals surface area contributed by atoms with E-state index in [0.29, 0.717) is 6.61 Å². The van der Waals surface area contributed by atoms with Gasteiger partial charge in [-0.2, -0.15) is 0 Å². The van der Waals surface area contributed by atoms with Gasteiger partial charge in [-0.3, -0.25) is 0 Å². The molecule has 0 aromatic carbocycles. The van der Waals surface area contributed by atoms with Crippen molar-refractivity contribution in [1.29, 1.82) is 0 Å². The molecule has 0 aromatic rings. The molecule has 1 aliphatic heterocycles. The summed E-state index contributed by atoms with van der Waals surface area (Å²) in [7, 11) is 0. The van der Waals surface area contributed by atoms with Crippen LogP contribution in [-0.2, 0) is 4.74 Å². The van der Waals surface area contributed by atoms with Crippen molar-refractivity contribution in [1.82, 2.24) is 0 Å². The minimum Gasteiger partial charge on any atom is -0.502 e. The Kier molecular flexibility index (Phi) is 26.1. The molecule has 0 radical (unpaired) electrons. The molecule has 18 heavy (non-hydrogen) atoms. The van der Waals surface area contributed by atoms with Gasteiger partial charge in [0.25, 0.3) is 0 Å². The zero-order valence-corrected chi connectivity index (χ0v) is 14.7. The second kappa shape index (κ2) is 22.6. The third-order valence-electron chi connectivity index (χ3n) is 2.10. The Morgan fingerprint density at radius 1 is 1.17 bits per heavy atom. The van der Waals surface area contributed by atoms with Crippen molar-refractivity contribution < 1.29 is 11.3 Å². The number of alkyl halides is 2. The SMILES string of the molecule is C1=COCCC1.CCCCCBr.OCCCCBr.[H+]. The van der Waals surface area contributed by atoms with Crippen LogP contribution in [0.4, 0.5) is 0 Å². The molecule has 0 amide bonds. The maximum Gasteiger partial charge on any atom is 1.00 e. The predicted octanol–water partition coefficient (Wildman–Crippen LogP) is 5.15. The lowest BCUT2D eigenvalue weighted by atomic mass is 10.3. The molecule has 4 heteroatoms. The molecule has 0 aromatic heterocycles. The van der Waals surface area contributed by atoms with Crippen LogP contribution in [0.3, 0.4) is 0 Å². The summed E-state index contributed by atoms with van der Waals surface area (Å²) >= 11 is 6.59. The second-order valence-corrected chi connectivity index (χ2v) is 5.49. The van der Waals surface area contributed by atoms with Crippen molar-refractivity contribution in [2.75, 3.05) is 23.9 Å². The fourth-order valence-electron chi connectivity index (χ4n) is 1.04. The molecular weight excluding hydrogens is 360 g/mol. The van der Waals surface area contributed by atoms with Gasteiger partial charge in [-0.25, -0.2) is 0 Å². The van der Waals surface area contributed by atoms with Crippen LogP contribution in [0.5, 0.6) is 0 Å². The van der Waals surface area contributed by atoms with E-state index in [0.717, 1.165) is 24.8 Å². The van der Waals surface area contributed by atoms with Gasteiger partial charge in [0.2, 0.25) is 0 Å². The summed E-state index contributed by atoms with van der Waals surface area (Å²) in [6, 6.07) is 0. The molecule has 1 heterocycles. The lowest BCUT2D eigenvalue weighted by molar-refractivity contribution is 0.231. The van der Waals surface area contributed by atoms with Gasteiger partial charge in [-0.15, -0.1) is 0 Å². The average Bonchev–Trinajstić information content (AvgIpc) is 2.46. The largest absolute Gasteiger partial charge is 1.00 e. The molecule has 1 N–H and O–H groups in total. The Labute approximate surface area is 131 Å². The molecule has 1 rings (SSSR count). The van der Waals surface area contributed by atoms with E-state index in [2.05, 4.69) is 38.8 Å². The van der Waals surface area contributed by atoms with Crippen LogP contribution in [0.2, 0.25) is 0 Å². The topological polar surface area (TPSA) is 29.5 Å². The van der Waals surface area contributed by atoms with Gasteiger partial charge in [0.05, 0.1) is 12.9 Å². The minimum atomic E-state index is 0. The fourth-order valence-corrected chi connectivity index (χ4v) is 1.83. The van der Waals surface area contributed by atoms with Gasteiger partial charge < -0.3 is 9.84 Å². The zero-order valence-electron chi connectivity index (χ0n) is 12.5. The summed E-state index contributed by atoms with van der Waals surface area (Å²) in [5.74, 6) is 0. The second-order valence-electron chi connectivity index (χ2n) is 3.90. The Balaban J connectivity index is -0.000000197. The highest BCUT2D eigenvalue weighted by molar-refractivity contribution is 9.09. The molecule has 0 atom stereocenters. The number of aliphatic hydroxyl groups is 1. The fraction of sp³-hybridized carbons (Fsp3) is 0.857. The number of halogens is 2. The molecule has 110 valence electrons. The summed E-state index contributed by atoms with van der Waals surface area (Å²) in [6.45, 7) is 3.45. The van der Waals surface area contributed by atoms with E-state index in [1.807, 2.05) is 6.08 Å². The van der Waals surface area contributed by atoms with Crippen molar-refractivity contribution in [3.63, 3.8) is 0 Å². The minimum absolute atomic E-state index is 0. The highest BCUT2D eigenvalue weighted by Gasteiger charge is 1.86. The van der Waals surface area contributed by atoms with Gasteiger partial charge in [0.15, 0.2) is 0 Å². The van der Waals surface area contributed by atoms with Crippen molar-refractivity contribution in [2.24, 2.45) is 0 Å². The normalized spacial score (nSPS) is 12.7. The van der Waals surface area contributed by atoms with Crippen LogP contribution < -0.4 is 0 Å². The molecule has 0 saturated heterocycles. The van der Waals surface area contributed by atoms with Crippen LogP contribution in [-0.4, -0.2) is 29.0 Å². The van der Waals surface area contributed by atoms with Gasteiger partial charge >= 0.3 is 1.43 Å². The number of hydrogen-bond acceptors (Lipinski definition) is 2. The lowest BCUT2D eigenvalue weighted by Crippen LogP contribution is -1.90. The van der Waals surface area contributed by atoms with E-state index in [-0.39, 0.29) is 1.43 Å². The summed E-state index contributed by atoms with van der Waals surface area (Å²) in [4.78, 5) is 0. The summed E-state index contributed by atoms with van der Waals surface area (Å²) < 4.78 is 4.89. The van der Waals surface area contributed by atoms with Crippen molar-refractivity contribution in [2.45, 2.75) is 51.9 Å². The van der Waals surface area contributed by atoms with E-state index in [9.17, 15) is 0 Å². The first-order chi connectivity index (χ1) is 8.83. The van der Waals surface area contributed by atoms with Crippen LogP contribution in [0, 0.1) is 0 Å². The molecule has 0 spiro atoms. The standard InChI is InChI=1S/C5H11Br.C5H8O.C4H9BrO/c1-2-3-4-5-6;1-2-4-6-5-3-1;5-3-1-2-4-6/h2-5H2,1H3;2,4H,1,3,5H2;6H,1-4H2/p+1. The van der Waals surface area contributed by atoms with E-state index < -0.39 is 0 Å². The van der Waals surface area contributed by atoms with E-state index >= 15 is 0 Å². The van der Waals surface area contributed by atoms with E-state index in [1.54, 1.807) is 6.26 Å². The monoisotopic (exact) mass is 387 g/mol. The highest BCUT2D eigenvalue weighted by atomic mass is 79.9. The van der Waals surface area contributed by atoms with Crippen LogP contribution in [0.25, 0.3) is 0 Å². The Morgan fingerprint density at radius 2 is 1.83 bits per heavy atom. The molecule has 1 aliphatic rings. The first-order valence-electron chi connectivity index (χ1n) is 6.82. The van der Waals surface area contributed by atoms with Gasteiger partial charge in [0, 0.05) is 17.3 Å². The predicted molar refractivity (Wildman–Crippen MR) is 88.9 cm³/mol. The van der Waals surface area contributed by atoms with Crippen molar-refractivity contribution in [3.8, 4) is 0 Å². The number of allylic oxidation sites excluding steroid dienone is 1. The number of unbranched alkanes of at least 4 members (excludes halogenated alkanes) is 3. The van der Waals surface area contributed by atoms with Crippen molar-refractivity contribution in [3.05, 3.63) is 12.3 Å². The maximum atomic E-state index is 8.18. The summed E-state index contributed by atoms with van der Waals surface area (Å²) in [5.41, 5.74) is 0. The van der Waals surface area contributed by atoms with E-state index in [1.165, 1.54) is 37.4 Å². The molecule has 2 nitrogen and oxygen atoms in total. The Bertz CT molecular complexity index is 134. The molecule has 0 saturated carbocycles. The molecule has 0 bridgehead atoms. The van der Waals surface area contributed by atoms with Crippen LogP contribution >= 0.6 is 31.9 Å². The molecular formula is C14H29Br2O2+. The molecule has 0 unspecified atom stereocenters. The third-order valence-corrected chi connectivity index (χ3v) is 3.23. The Morgan fingerprint density at radius 3 is 2.00 bits per heavy atom. The lowest BCUT2D eigenvalue weighted by Gasteiger charge is -2.01. The van der Waals surface area contributed by atoms with Gasteiger partial charge in [0.1, 0.15) is 0 Å². The smallest absolute Gasteiger partial charge is 0.502 e. The van der Waals surface area contributed by atoms with Crippen LogP contribution in [0.15, 0.2) is 12.3 Å². The highest BCUT2D eigenvalue weighted by Crippen LogP contribution is 1.98. The van der Waals surface area contributed by atoms with Crippen molar-refractivity contribution >= 4 is 31.9 Å². The Hall–Kier alpha value is 0.460. The number of aliphatic hydroxyl groups excluding tert-OH is 1. The van der Waals surface area contributed by atoms with E-state index in [4.69, 9.17) is 9.84 Å². The third kappa shape index (κ3) is 25.3.